The van der Waals surface area contributed by atoms with Crippen molar-refractivity contribution >= 4 is 60.8 Å². The molecule has 0 bridgehead atoms. The van der Waals surface area contributed by atoms with E-state index in [0.29, 0.717) is 17.3 Å². The maximum absolute atomic E-state index is 12.3. The molecule has 2 amide bonds. The van der Waals surface area contributed by atoms with Gasteiger partial charge in [0.25, 0.3) is 11.1 Å². The minimum Gasteiger partial charge on any atom is -0.487 e. The summed E-state index contributed by atoms with van der Waals surface area (Å²) in [5, 5.41) is -0.356. The van der Waals surface area contributed by atoms with Gasteiger partial charge in [0.1, 0.15) is 12.4 Å². The van der Waals surface area contributed by atoms with Crippen LogP contribution in [0.2, 0.25) is 0 Å². The first kappa shape index (κ1) is 20.7. The molecule has 0 saturated carbocycles. The average molecular weight is 521 g/mol. The number of rotatable bonds is 5. The van der Waals surface area contributed by atoms with Crippen LogP contribution in [0, 0.1) is 19.3 Å². The van der Waals surface area contributed by atoms with Gasteiger partial charge in [-0.3, -0.25) is 14.5 Å². The van der Waals surface area contributed by atoms with Gasteiger partial charge in [0.2, 0.25) is 0 Å². The number of benzene rings is 2. The lowest BCUT2D eigenvalue weighted by atomic mass is 10.1. The maximum Gasteiger partial charge on any atom is 0.294 e. The lowest BCUT2D eigenvalue weighted by Crippen LogP contribution is -2.28. The molecule has 0 aliphatic carbocycles. The predicted molar refractivity (Wildman–Crippen MR) is 119 cm³/mol. The number of hydrogen-bond acceptors (Lipinski definition) is 4. The van der Waals surface area contributed by atoms with Crippen molar-refractivity contribution in [2.75, 3.05) is 6.54 Å². The summed E-state index contributed by atoms with van der Waals surface area (Å²) >= 11 is 7.92. The molecule has 1 fully saturated rings. The molecule has 2 aromatic rings. The number of amides is 2. The van der Waals surface area contributed by atoms with Crippen LogP contribution in [0.1, 0.15) is 16.7 Å². The van der Waals surface area contributed by atoms with Crippen LogP contribution in [-0.2, 0) is 11.4 Å². The first-order valence-electron chi connectivity index (χ1n) is 8.25. The second-order valence-corrected chi connectivity index (χ2v) is 8.76. The normalized spacial score (nSPS) is 15.2. The summed E-state index contributed by atoms with van der Waals surface area (Å²) in [6.45, 7) is 2.45. The van der Waals surface area contributed by atoms with Gasteiger partial charge in [0, 0.05) is 0 Å². The van der Waals surface area contributed by atoms with Crippen LogP contribution < -0.4 is 4.74 Å². The first-order valence-corrected chi connectivity index (χ1v) is 10.7. The summed E-state index contributed by atoms with van der Waals surface area (Å²) in [5.74, 6) is 2.61. The smallest absolute Gasteiger partial charge is 0.294 e. The molecule has 1 aliphatic heterocycles. The van der Waals surface area contributed by atoms with E-state index in [1.807, 2.05) is 43.3 Å². The number of imide groups is 1. The largest absolute Gasteiger partial charge is 0.487 e. The fourth-order valence-electron chi connectivity index (χ4n) is 2.52. The van der Waals surface area contributed by atoms with Gasteiger partial charge in [0.15, 0.2) is 0 Å². The Bertz CT molecular complexity index is 986. The zero-order chi connectivity index (χ0) is 20.3. The van der Waals surface area contributed by atoms with Gasteiger partial charge in [-0.25, -0.2) is 0 Å². The number of terminal acetylenes is 1. The summed E-state index contributed by atoms with van der Waals surface area (Å²) < 4.78 is 7.41. The zero-order valence-corrected chi connectivity index (χ0v) is 18.9. The van der Waals surface area contributed by atoms with Gasteiger partial charge < -0.3 is 4.74 Å². The lowest BCUT2D eigenvalue weighted by molar-refractivity contribution is -0.122. The molecule has 3 rings (SSSR count). The van der Waals surface area contributed by atoms with Crippen molar-refractivity contribution in [1.82, 2.24) is 4.90 Å². The number of hydrogen-bond donors (Lipinski definition) is 0. The van der Waals surface area contributed by atoms with Crippen molar-refractivity contribution in [3.8, 4) is 18.1 Å². The maximum atomic E-state index is 12.3. The standard InChI is InChI=1S/C21H15Br2NO3S/c1-3-8-24-20(25)18(28-21(24)26)11-15-9-16(22)19(17(23)10-15)27-12-14-6-4-13(2)5-7-14/h1,4-7,9-11H,8,12H2,2H3/b18-11+. The fraction of sp³-hybridized carbons (Fsp3) is 0.143. The molecule has 0 unspecified atom stereocenters. The molecule has 0 N–H and O–H groups in total. The molecular formula is C21H15Br2NO3S. The van der Waals surface area contributed by atoms with Gasteiger partial charge in [-0.05, 0) is 79.9 Å². The Morgan fingerprint density at radius 3 is 2.43 bits per heavy atom. The predicted octanol–water partition coefficient (Wildman–Crippen LogP) is 5.77. The van der Waals surface area contributed by atoms with Gasteiger partial charge in [0.05, 0.1) is 20.4 Å². The van der Waals surface area contributed by atoms with E-state index in [-0.39, 0.29) is 17.7 Å². The van der Waals surface area contributed by atoms with Crippen molar-refractivity contribution < 1.29 is 14.3 Å². The van der Waals surface area contributed by atoms with Crippen molar-refractivity contribution in [2.24, 2.45) is 0 Å². The third-order valence-corrected chi connectivity index (χ3v) is 6.03. The number of ether oxygens (including phenoxy) is 1. The molecule has 0 aromatic heterocycles. The molecule has 28 heavy (non-hydrogen) atoms. The molecule has 1 saturated heterocycles. The summed E-state index contributed by atoms with van der Waals surface area (Å²) in [6, 6.07) is 11.8. The highest BCUT2D eigenvalue weighted by atomic mass is 79.9. The minimum absolute atomic E-state index is 0.0266. The van der Waals surface area contributed by atoms with E-state index in [1.54, 1.807) is 6.08 Å². The Morgan fingerprint density at radius 1 is 1.18 bits per heavy atom. The molecule has 0 atom stereocenters. The van der Waals surface area contributed by atoms with Gasteiger partial charge in [-0.15, -0.1) is 6.42 Å². The number of thioether (sulfide) groups is 1. The SMILES string of the molecule is C#CCN1C(=O)S/C(=C/c2cc(Br)c(OCc3ccc(C)cc3)c(Br)c2)C1=O. The number of carbonyl (C=O) groups excluding carboxylic acids is 2. The highest BCUT2D eigenvalue weighted by molar-refractivity contribution is 9.11. The van der Waals surface area contributed by atoms with E-state index in [2.05, 4.69) is 37.8 Å². The van der Waals surface area contributed by atoms with E-state index >= 15 is 0 Å². The van der Waals surface area contributed by atoms with Crippen LogP contribution >= 0.6 is 43.6 Å². The topological polar surface area (TPSA) is 46.6 Å². The van der Waals surface area contributed by atoms with Crippen molar-refractivity contribution in [2.45, 2.75) is 13.5 Å². The molecule has 1 heterocycles. The summed E-state index contributed by atoms with van der Waals surface area (Å²) in [7, 11) is 0. The molecule has 7 heteroatoms. The average Bonchev–Trinajstić information content (AvgIpc) is 2.90. The quantitative estimate of drug-likeness (QED) is 0.371. The van der Waals surface area contributed by atoms with E-state index in [1.165, 1.54) is 5.56 Å². The highest BCUT2D eigenvalue weighted by Gasteiger charge is 2.34. The highest BCUT2D eigenvalue weighted by Crippen LogP contribution is 2.38. The Kier molecular flexibility index (Phi) is 6.65. The van der Waals surface area contributed by atoms with E-state index in [9.17, 15) is 9.59 Å². The molecule has 142 valence electrons. The fourth-order valence-corrected chi connectivity index (χ4v) is 4.81. The summed E-state index contributed by atoms with van der Waals surface area (Å²) in [6.07, 6.45) is 6.88. The van der Waals surface area contributed by atoms with Crippen LogP contribution in [0.15, 0.2) is 50.2 Å². The first-order chi connectivity index (χ1) is 13.4. The van der Waals surface area contributed by atoms with Crippen LogP contribution in [0.3, 0.4) is 0 Å². The molecular weight excluding hydrogens is 506 g/mol. The number of carbonyl (C=O) groups is 2. The number of nitrogens with zero attached hydrogens (tertiary/aromatic N) is 1. The molecule has 0 spiro atoms. The Hall–Kier alpha value is -2.01. The van der Waals surface area contributed by atoms with Crippen molar-refractivity contribution in [3.63, 3.8) is 0 Å². The van der Waals surface area contributed by atoms with Crippen molar-refractivity contribution in [1.29, 1.82) is 0 Å². The molecule has 4 nitrogen and oxygen atoms in total. The van der Waals surface area contributed by atoms with Crippen LogP contribution in [0.5, 0.6) is 5.75 Å². The van der Waals surface area contributed by atoms with Crippen LogP contribution in [0.4, 0.5) is 4.79 Å². The van der Waals surface area contributed by atoms with Crippen molar-refractivity contribution in [3.05, 3.63) is 66.9 Å². The van der Waals surface area contributed by atoms with Gasteiger partial charge >= 0.3 is 0 Å². The Balaban J connectivity index is 1.78. The minimum atomic E-state index is -0.375. The van der Waals surface area contributed by atoms with E-state index < -0.39 is 0 Å². The third kappa shape index (κ3) is 4.69. The molecule has 0 radical (unpaired) electrons. The molecule has 1 aliphatic rings. The van der Waals surface area contributed by atoms with E-state index in [4.69, 9.17) is 11.2 Å². The zero-order valence-electron chi connectivity index (χ0n) is 14.9. The third-order valence-electron chi connectivity index (χ3n) is 3.95. The molecule has 2 aromatic carbocycles. The second kappa shape index (κ2) is 8.99. The summed E-state index contributed by atoms with van der Waals surface area (Å²) in [5.41, 5.74) is 3.02. The van der Waals surface area contributed by atoms with E-state index in [0.717, 1.165) is 36.7 Å². The number of halogens is 2. The summed E-state index contributed by atoms with van der Waals surface area (Å²) in [4.78, 5) is 25.6. The van der Waals surface area contributed by atoms with Crippen LogP contribution in [0.25, 0.3) is 6.08 Å². The lowest BCUT2D eigenvalue weighted by Gasteiger charge is -2.12. The van der Waals surface area contributed by atoms with Crippen LogP contribution in [-0.4, -0.2) is 22.6 Å². The Morgan fingerprint density at radius 2 is 1.82 bits per heavy atom. The van der Waals surface area contributed by atoms with Gasteiger partial charge in [-0.1, -0.05) is 35.7 Å². The monoisotopic (exact) mass is 519 g/mol. The Labute approximate surface area is 184 Å². The second-order valence-electron chi connectivity index (χ2n) is 6.06. The van der Waals surface area contributed by atoms with Gasteiger partial charge in [-0.2, -0.15) is 0 Å². The number of aryl methyl sites for hydroxylation is 1.